The number of hydrogen-bond acceptors (Lipinski definition) is 5. The standard InChI is InChI=1S/C19H16N2O4/c1-24-19(23)16(13-8-4-2-5-9-13)21-17(22)15-12-25-18(20-15)14-10-6-3-7-11-14/h2-12,16H,1H3,(H,21,22). The molecule has 25 heavy (non-hydrogen) atoms. The van der Waals surface area contributed by atoms with Crippen LogP contribution in [0.1, 0.15) is 22.1 Å². The highest BCUT2D eigenvalue weighted by Crippen LogP contribution is 2.19. The van der Waals surface area contributed by atoms with E-state index in [1.165, 1.54) is 13.4 Å². The number of carbonyl (C=O) groups is 2. The van der Waals surface area contributed by atoms with Crippen LogP contribution in [-0.4, -0.2) is 24.0 Å². The van der Waals surface area contributed by atoms with Crippen molar-refractivity contribution in [3.05, 3.63) is 78.2 Å². The van der Waals surface area contributed by atoms with Gasteiger partial charge in [-0.3, -0.25) is 4.79 Å². The van der Waals surface area contributed by atoms with Gasteiger partial charge in [-0.1, -0.05) is 48.5 Å². The summed E-state index contributed by atoms with van der Waals surface area (Å²) in [6.07, 6.45) is 1.26. The molecule has 0 aliphatic carbocycles. The molecule has 0 aliphatic rings. The lowest BCUT2D eigenvalue weighted by Crippen LogP contribution is -2.34. The number of carbonyl (C=O) groups excluding carboxylic acids is 2. The van der Waals surface area contributed by atoms with Gasteiger partial charge in [-0.15, -0.1) is 0 Å². The molecule has 6 nitrogen and oxygen atoms in total. The van der Waals surface area contributed by atoms with E-state index >= 15 is 0 Å². The molecule has 2 aromatic carbocycles. The first kappa shape index (κ1) is 16.4. The smallest absolute Gasteiger partial charge is 0.333 e. The highest BCUT2D eigenvalue weighted by molar-refractivity contribution is 5.95. The molecule has 3 aromatic rings. The third-order valence-corrected chi connectivity index (χ3v) is 3.60. The average Bonchev–Trinajstić information content (AvgIpc) is 3.17. The molecule has 0 bridgehead atoms. The van der Waals surface area contributed by atoms with Gasteiger partial charge < -0.3 is 14.5 Å². The molecule has 1 atom stereocenters. The Balaban J connectivity index is 1.80. The second-order valence-corrected chi connectivity index (χ2v) is 5.24. The number of nitrogens with one attached hydrogen (secondary N) is 1. The van der Waals surface area contributed by atoms with Crippen molar-refractivity contribution >= 4 is 11.9 Å². The van der Waals surface area contributed by atoms with Gasteiger partial charge in [-0.2, -0.15) is 0 Å². The maximum absolute atomic E-state index is 12.5. The average molecular weight is 336 g/mol. The number of amides is 1. The monoisotopic (exact) mass is 336 g/mol. The lowest BCUT2D eigenvalue weighted by molar-refractivity contribution is -0.143. The van der Waals surface area contributed by atoms with E-state index in [9.17, 15) is 9.59 Å². The first-order chi connectivity index (χ1) is 12.2. The summed E-state index contributed by atoms with van der Waals surface area (Å²) < 4.78 is 10.1. The second kappa shape index (κ2) is 7.44. The zero-order valence-corrected chi connectivity index (χ0v) is 13.5. The van der Waals surface area contributed by atoms with E-state index in [-0.39, 0.29) is 5.69 Å². The predicted octanol–water partition coefficient (Wildman–Crippen LogP) is 2.99. The van der Waals surface area contributed by atoms with Crippen LogP contribution in [0.4, 0.5) is 0 Å². The van der Waals surface area contributed by atoms with Crippen LogP contribution in [-0.2, 0) is 9.53 Å². The first-order valence-corrected chi connectivity index (χ1v) is 7.63. The van der Waals surface area contributed by atoms with Crippen LogP contribution < -0.4 is 5.32 Å². The Labute approximate surface area is 144 Å². The van der Waals surface area contributed by atoms with E-state index in [2.05, 4.69) is 10.3 Å². The van der Waals surface area contributed by atoms with Gasteiger partial charge in [-0.05, 0) is 17.7 Å². The molecule has 0 aliphatic heterocycles. The van der Waals surface area contributed by atoms with Crippen molar-refractivity contribution in [2.45, 2.75) is 6.04 Å². The SMILES string of the molecule is COC(=O)C(NC(=O)c1coc(-c2ccccc2)n1)c1ccccc1. The Morgan fingerprint density at radius 1 is 1.04 bits per heavy atom. The molecule has 1 N–H and O–H groups in total. The fraction of sp³-hybridized carbons (Fsp3) is 0.105. The maximum atomic E-state index is 12.5. The number of nitrogens with zero attached hydrogens (tertiary/aromatic N) is 1. The molecular formula is C19H16N2O4. The fourth-order valence-corrected chi connectivity index (χ4v) is 2.34. The molecular weight excluding hydrogens is 320 g/mol. The van der Waals surface area contributed by atoms with Crippen molar-refractivity contribution in [1.82, 2.24) is 10.3 Å². The van der Waals surface area contributed by atoms with Crippen LogP contribution >= 0.6 is 0 Å². The number of hydrogen-bond donors (Lipinski definition) is 1. The van der Waals surface area contributed by atoms with Crippen molar-refractivity contribution in [2.75, 3.05) is 7.11 Å². The number of aromatic nitrogens is 1. The summed E-state index contributed by atoms with van der Waals surface area (Å²) in [5.74, 6) is -0.753. The van der Waals surface area contributed by atoms with Gasteiger partial charge >= 0.3 is 5.97 Å². The van der Waals surface area contributed by atoms with Gasteiger partial charge in [0.25, 0.3) is 5.91 Å². The molecule has 3 rings (SSSR count). The lowest BCUT2D eigenvalue weighted by atomic mass is 10.1. The largest absolute Gasteiger partial charge is 0.467 e. The predicted molar refractivity (Wildman–Crippen MR) is 90.6 cm³/mol. The number of ether oxygens (including phenoxy) is 1. The molecule has 1 unspecified atom stereocenters. The van der Waals surface area contributed by atoms with E-state index in [4.69, 9.17) is 9.15 Å². The number of rotatable bonds is 5. The van der Waals surface area contributed by atoms with Crippen LogP contribution in [0.5, 0.6) is 0 Å². The Morgan fingerprint density at radius 2 is 1.68 bits per heavy atom. The minimum absolute atomic E-state index is 0.0867. The quantitative estimate of drug-likeness (QED) is 0.724. The molecule has 0 saturated heterocycles. The van der Waals surface area contributed by atoms with E-state index in [1.807, 2.05) is 36.4 Å². The van der Waals surface area contributed by atoms with Gasteiger partial charge in [0.15, 0.2) is 11.7 Å². The summed E-state index contributed by atoms with van der Waals surface area (Å²) in [5.41, 5.74) is 1.47. The van der Waals surface area contributed by atoms with E-state index < -0.39 is 17.9 Å². The number of oxazole rings is 1. The van der Waals surface area contributed by atoms with Crippen molar-refractivity contribution in [3.8, 4) is 11.5 Å². The van der Waals surface area contributed by atoms with Crippen molar-refractivity contribution in [2.24, 2.45) is 0 Å². The van der Waals surface area contributed by atoms with Gasteiger partial charge in [0.05, 0.1) is 7.11 Å². The number of methoxy groups -OCH3 is 1. The Morgan fingerprint density at radius 3 is 2.32 bits per heavy atom. The number of esters is 1. The molecule has 0 fully saturated rings. The van der Waals surface area contributed by atoms with Crippen LogP contribution in [0.25, 0.3) is 11.5 Å². The van der Waals surface area contributed by atoms with Gasteiger partial charge in [-0.25, -0.2) is 9.78 Å². The summed E-state index contributed by atoms with van der Waals surface area (Å²) in [4.78, 5) is 28.7. The van der Waals surface area contributed by atoms with Crippen LogP contribution in [0, 0.1) is 0 Å². The Kier molecular flexibility index (Phi) is 4.89. The summed E-state index contributed by atoms with van der Waals surface area (Å²) >= 11 is 0. The van der Waals surface area contributed by atoms with E-state index in [1.54, 1.807) is 24.3 Å². The third kappa shape index (κ3) is 3.74. The van der Waals surface area contributed by atoms with Gasteiger partial charge in [0.1, 0.15) is 6.26 Å². The molecule has 0 saturated carbocycles. The zero-order chi connectivity index (χ0) is 17.6. The third-order valence-electron chi connectivity index (χ3n) is 3.60. The summed E-state index contributed by atoms with van der Waals surface area (Å²) in [6.45, 7) is 0. The van der Waals surface area contributed by atoms with Crippen molar-refractivity contribution < 1.29 is 18.7 Å². The first-order valence-electron chi connectivity index (χ1n) is 7.63. The molecule has 0 radical (unpaired) electrons. The maximum Gasteiger partial charge on any atom is 0.333 e. The lowest BCUT2D eigenvalue weighted by Gasteiger charge is -2.15. The highest BCUT2D eigenvalue weighted by Gasteiger charge is 2.25. The second-order valence-electron chi connectivity index (χ2n) is 5.24. The molecule has 126 valence electrons. The van der Waals surface area contributed by atoms with Gasteiger partial charge in [0.2, 0.25) is 5.89 Å². The zero-order valence-electron chi connectivity index (χ0n) is 13.5. The van der Waals surface area contributed by atoms with Crippen LogP contribution in [0.15, 0.2) is 71.3 Å². The summed E-state index contributed by atoms with van der Waals surface area (Å²) in [5, 5.41) is 2.63. The van der Waals surface area contributed by atoms with E-state index in [0.717, 1.165) is 5.56 Å². The summed E-state index contributed by atoms with van der Waals surface area (Å²) in [7, 11) is 1.27. The molecule has 6 heteroatoms. The molecule has 1 amide bonds. The minimum Gasteiger partial charge on any atom is -0.467 e. The molecule has 1 heterocycles. The fourth-order valence-electron chi connectivity index (χ4n) is 2.34. The Bertz CT molecular complexity index is 859. The van der Waals surface area contributed by atoms with E-state index in [0.29, 0.717) is 11.5 Å². The molecule has 0 spiro atoms. The topological polar surface area (TPSA) is 81.4 Å². The van der Waals surface area contributed by atoms with Crippen LogP contribution in [0.2, 0.25) is 0 Å². The van der Waals surface area contributed by atoms with Crippen molar-refractivity contribution in [1.29, 1.82) is 0 Å². The van der Waals surface area contributed by atoms with Crippen LogP contribution in [0.3, 0.4) is 0 Å². The molecule has 1 aromatic heterocycles. The van der Waals surface area contributed by atoms with Crippen molar-refractivity contribution in [3.63, 3.8) is 0 Å². The number of benzene rings is 2. The highest BCUT2D eigenvalue weighted by atomic mass is 16.5. The Hall–Kier alpha value is -3.41. The van der Waals surface area contributed by atoms with Gasteiger partial charge in [0, 0.05) is 5.56 Å². The normalized spacial score (nSPS) is 11.6. The minimum atomic E-state index is -0.921. The summed E-state index contributed by atoms with van der Waals surface area (Å²) in [6, 6.07) is 17.2.